The monoisotopic (exact) mass is 195 g/mol. The molecule has 0 unspecified atom stereocenters. The zero-order valence-corrected chi connectivity index (χ0v) is 8.57. The van der Waals surface area contributed by atoms with Crippen LogP contribution in [0.5, 0.6) is 0 Å². The Balaban J connectivity index is 1.67. The molecular formula is C10H17N3O. The van der Waals surface area contributed by atoms with E-state index < -0.39 is 0 Å². The van der Waals surface area contributed by atoms with Crippen molar-refractivity contribution in [2.45, 2.75) is 25.5 Å². The van der Waals surface area contributed by atoms with E-state index in [1.54, 1.807) is 0 Å². The van der Waals surface area contributed by atoms with Crippen LogP contribution in [0.25, 0.3) is 0 Å². The molecule has 0 bridgehead atoms. The van der Waals surface area contributed by atoms with Crippen LogP contribution in [0.2, 0.25) is 0 Å². The Hall–Kier alpha value is -0.870. The first-order chi connectivity index (χ1) is 6.84. The van der Waals surface area contributed by atoms with Gasteiger partial charge in [0.15, 0.2) is 0 Å². The zero-order valence-electron chi connectivity index (χ0n) is 8.57. The molecule has 1 aromatic rings. The van der Waals surface area contributed by atoms with Gasteiger partial charge in [0.2, 0.25) is 0 Å². The minimum Gasteiger partial charge on any atom is -0.377 e. The summed E-state index contributed by atoms with van der Waals surface area (Å²) in [7, 11) is 1.93. The summed E-state index contributed by atoms with van der Waals surface area (Å²) in [6.45, 7) is 2.70. The molecule has 1 fully saturated rings. The molecule has 0 aromatic carbocycles. The molecule has 1 saturated heterocycles. The number of aryl methyl sites for hydroxylation is 1. The molecule has 78 valence electrons. The second kappa shape index (κ2) is 4.57. The van der Waals surface area contributed by atoms with Gasteiger partial charge in [-0.25, -0.2) is 0 Å². The van der Waals surface area contributed by atoms with E-state index in [0.29, 0.717) is 6.10 Å². The van der Waals surface area contributed by atoms with Gasteiger partial charge in [0.05, 0.1) is 11.8 Å². The van der Waals surface area contributed by atoms with Crippen molar-refractivity contribution in [3.63, 3.8) is 0 Å². The molecule has 2 rings (SSSR count). The molecule has 2 heterocycles. The Kier molecular flexibility index (Phi) is 3.16. The third-order valence-corrected chi connectivity index (χ3v) is 2.47. The van der Waals surface area contributed by atoms with Crippen LogP contribution in [0, 0.1) is 0 Å². The average Bonchev–Trinajstić information content (AvgIpc) is 2.77. The van der Waals surface area contributed by atoms with Crippen molar-refractivity contribution < 1.29 is 4.74 Å². The Bertz CT molecular complexity index is 279. The zero-order chi connectivity index (χ0) is 9.80. The van der Waals surface area contributed by atoms with Crippen molar-refractivity contribution in [1.29, 1.82) is 0 Å². The second-order valence-corrected chi connectivity index (χ2v) is 3.75. The van der Waals surface area contributed by atoms with Crippen LogP contribution in [-0.2, 0) is 18.3 Å². The lowest BCUT2D eigenvalue weighted by atomic mass is 10.2. The van der Waals surface area contributed by atoms with E-state index in [1.807, 2.05) is 24.0 Å². The predicted octanol–water partition coefficient (Wildman–Crippen LogP) is 0.689. The van der Waals surface area contributed by atoms with Gasteiger partial charge >= 0.3 is 0 Å². The minimum atomic E-state index is 0.415. The first kappa shape index (κ1) is 9.68. The highest BCUT2D eigenvalue weighted by Gasteiger charge is 2.14. The summed E-state index contributed by atoms with van der Waals surface area (Å²) in [5, 5.41) is 7.64. The summed E-state index contributed by atoms with van der Waals surface area (Å²) >= 11 is 0. The third kappa shape index (κ3) is 2.56. The molecule has 1 N–H and O–H groups in total. The number of aromatic nitrogens is 2. The van der Waals surface area contributed by atoms with Crippen LogP contribution in [0.3, 0.4) is 0 Å². The quantitative estimate of drug-likeness (QED) is 0.768. The van der Waals surface area contributed by atoms with E-state index in [9.17, 15) is 0 Å². The summed E-state index contributed by atoms with van der Waals surface area (Å²) in [6.07, 6.45) is 4.77. The fourth-order valence-electron chi connectivity index (χ4n) is 1.72. The molecule has 0 saturated carbocycles. The van der Waals surface area contributed by atoms with Gasteiger partial charge < -0.3 is 10.1 Å². The van der Waals surface area contributed by atoms with Crippen LogP contribution in [0.1, 0.15) is 18.5 Å². The standard InChI is InChI=1S/C10H17N3O/c1-13-5-4-9(12-13)7-11-8-10-3-2-6-14-10/h4-5,10-11H,2-3,6-8H2,1H3/t10-/m0/s1. The van der Waals surface area contributed by atoms with Gasteiger partial charge in [0.1, 0.15) is 0 Å². The van der Waals surface area contributed by atoms with Crippen LogP contribution in [0.15, 0.2) is 12.3 Å². The molecule has 4 nitrogen and oxygen atoms in total. The summed E-state index contributed by atoms with van der Waals surface area (Å²) in [6, 6.07) is 2.03. The molecule has 1 aromatic heterocycles. The summed E-state index contributed by atoms with van der Waals surface area (Å²) in [5.74, 6) is 0. The van der Waals surface area contributed by atoms with Gasteiger partial charge in [-0.1, -0.05) is 0 Å². The number of hydrogen-bond donors (Lipinski definition) is 1. The molecule has 4 heteroatoms. The number of nitrogens with one attached hydrogen (secondary N) is 1. The van der Waals surface area contributed by atoms with Gasteiger partial charge in [-0.3, -0.25) is 4.68 Å². The molecular weight excluding hydrogens is 178 g/mol. The first-order valence-corrected chi connectivity index (χ1v) is 5.15. The van der Waals surface area contributed by atoms with Crippen molar-refractivity contribution in [3.05, 3.63) is 18.0 Å². The SMILES string of the molecule is Cn1ccc(CNC[C@@H]2CCCO2)n1. The molecule has 1 aliphatic heterocycles. The van der Waals surface area contributed by atoms with Gasteiger partial charge in [0, 0.05) is 32.9 Å². The van der Waals surface area contributed by atoms with Crippen LogP contribution in [-0.4, -0.2) is 29.0 Å². The molecule has 0 radical (unpaired) electrons. The maximum Gasteiger partial charge on any atom is 0.0762 e. The molecule has 14 heavy (non-hydrogen) atoms. The predicted molar refractivity (Wildman–Crippen MR) is 53.9 cm³/mol. The van der Waals surface area contributed by atoms with Crippen LogP contribution in [0.4, 0.5) is 0 Å². The number of hydrogen-bond acceptors (Lipinski definition) is 3. The van der Waals surface area contributed by atoms with Crippen LogP contribution >= 0.6 is 0 Å². The maximum atomic E-state index is 5.51. The van der Waals surface area contributed by atoms with E-state index in [0.717, 1.165) is 25.4 Å². The van der Waals surface area contributed by atoms with Gasteiger partial charge in [-0.2, -0.15) is 5.10 Å². The van der Waals surface area contributed by atoms with E-state index in [-0.39, 0.29) is 0 Å². The Morgan fingerprint density at radius 1 is 1.71 bits per heavy atom. The molecule has 0 aliphatic carbocycles. The molecule has 0 amide bonds. The fraction of sp³-hybridized carbons (Fsp3) is 0.700. The highest BCUT2D eigenvalue weighted by molar-refractivity contribution is 4.97. The molecule has 1 atom stereocenters. The third-order valence-electron chi connectivity index (χ3n) is 2.47. The largest absolute Gasteiger partial charge is 0.377 e. The molecule has 1 aliphatic rings. The summed E-state index contributed by atoms with van der Waals surface area (Å²) < 4.78 is 7.33. The van der Waals surface area contributed by atoms with Crippen molar-refractivity contribution in [1.82, 2.24) is 15.1 Å². The maximum absolute atomic E-state index is 5.51. The minimum absolute atomic E-state index is 0.415. The highest BCUT2D eigenvalue weighted by atomic mass is 16.5. The number of ether oxygens (including phenoxy) is 1. The Labute approximate surface area is 84.3 Å². The van der Waals surface area contributed by atoms with Crippen molar-refractivity contribution in [2.24, 2.45) is 7.05 Å². The van der Waals surface area contributed by atoms with Gasteiger partial charge in [-0.15, -0.1) is 0 Å². The lowest BCUT2D eigenvalue weighted by Gasteiger charge is -2.09. The van der Waals surface area contributed by atoms with Gasteiger partial charge in [-0.05, 0) is 18.9 Å². The van der Waals surface area contributed by atoms with Crippen molar-refractivity contribution in [2.75, 3.05) is 13.2 Å². The Morgan fingerprint density at radius 3 is 3.29 bits per heavy atom. The van der Waals surface area contributed by atoms with Crippen LogP contribution < -0.4 is 5.32 Å². The number of nitrogens with zero attached hydrogens (tertiary/aromatic N) is 2. The topological polar surface area (TPSA) is 39.1 Å². The second-order valence-electron chi connectivity index (χ2n) is 3.75. The highest BCUT2D eigenvalue weighted by Crippen LogP contribution is 2.10. The lowest BCUT2D eigenvalue weighted by Crippen LogP contribution is -2.25. The van der Waals surface area contributed by atoms with E-state index in [4.69, 9.17) is 4.74 Å². The van der Waals surface area contributed by atoms with Crippen molar-refractivity contribution >= 4 is 0 Å². The van der Waals surface area contributed by atoms with Gasteiger partial charge in [0.25, 0.3) is 0 Å². The lowest BCUT2D eigenvalue weighted by molar-refractivity contribution is 0.110. The van der Waals surface area contributed by atoms with E-state index in [2.05, 4.69) is 10.4 Å². The average molecular weight is 195 g/mol. The fourth-order valence-corrected chi connectivity index (χ4v) is 1.72. The summed E-state index contributed by atoms with van der Waals surface area (Å²) in [5.41, 5.74) is 1.09. The molecule has 0 spiro atoms. The normalized spacial score (nSPS) is 21.6. The first-order valence-electron chi connectivity index (χ1n) is 5.15. The Morgan fingerprint density at radius 2 is 2.64 bits per heavy atom. The smallest absolute Gasteiger partial charge is 0.0762 e. The summed E-state index contributed by atoms with van der Waals surface area (Å²) in [4.78, 5) is 0. The number of rotatable bonds is 4. The van der Waals surface area contributed by atoms with E-state index >= 15 is 0 Å². The van der Waals surface area contributed by atoms with E-state index in [1.165, 1.54) is 12.8 Å². The van der Waals surface area contributed by atoms with Crippen molar-refractivity contribution in [3.8, 4) is 0 Å².